The van der Waals surface area contributed by atoms with Crippen molar-refractivity contribution in [1.29, 1.82) is 0 Å². The third-order valence-corrected chi connectivity index (χ3v) is 9.28. The van der Waals surface area contributed by atoms with Crippen molar-refractivity contribution in [2.75, 3.05) is 0 Å². The van der Waals surface area contributed by atoms with E-state index in [9.17, 15) is 13.2 Å². The summed E-state index contributed by atoms with van der Waals surface area (Å²) in [6.45, 7) is 4.14. The van der Waals surface area contributed by atoms with E-state index in [0.29, 0.717) is 60.8 Å². The third kappa shape index (κ3) is 6.65. The minimum atomic E-state index is -3.67. The average molecular weight is 589 g/mol. The van der Waals surface area contributed by atoms with Crippen molar-refractivity contribution in [3.05, 3.63) is 88.5 Å². The molecule has 0 aliphatic heterocycles. The number of alkyl halides is 2. The van der Waals surface area contributed by atoms with Gasteiger partial charge in [0.1, 0.15) is 29.0 Å². The molecule has 0 N–H and O–H groups in total. The van der Waals surface area contributed by atoms with E-state index in [0.717, 1.165) is 37.3 Å². The molecule has 0 aromatic heterocycles. The van der Waals surface area contributed by atoms with E-state index in [1.54, 1.807) is 6.07 Å². The molecule has 0 unspecified atom stereocenters. The number of hydrogen-bond donors (Lipinski definition) is 0. The Hall–Kier alpha value is -2.96. The minimum Gasteiger partial charge on any atom is -0.432 e. The highest BCUT2D eigenvalue weighted by atomic mass is 19.3. The third-order valence-electron chi connectivity index (χ3n) is 9.28. The number of aryl methyl sites for hydroxylation is 1. The van der Waals surface area contributed by atoms with Gasteiger partial charge < -0.3 is 4.74 Å². The van der Waals surface area contributed by atoms with Crippen LogP contribution in [0, 0.1) is 35.1 Å². The van der Waals surface area contributed by atoms with Crippen molar-refractivity contribution < 1.29 is 31.1 Å². The molecule has 0 bridgehead atoms. The van der Waals surface area contributed by atoms with Crippen LogP contribution in [0.25, 0.3) is 11.1 Å². The summed E-state index contributed by atoms with van der Waals surface area (Å²) in [5, 5.41) is 0. The lowest BCUT2D eigenvalue weighted by Crippen LogP contribution is -2.37. The number of rotatable bonds is 8. The van der Waals surface area contributed by atoms with Crippen LogP contribution in [0.4, 0.5) is 26.3 Å². The van der Waals surface area contributed by atoms with Gasteiger partial charge in [-0.15, -0.1) is 0 Å². The number of hydrogen-bond acceptors (Lipinski definition) is 1. The van der Waals surface area contributed by atoms with Crippen molar-refractivity contribution in [1.82, 2.24) is 0 Å². The molecule has 0 saturated heterocycles. The molecule has 2 fully saturated rings. The lowest BCUT2D eigenvalue weighted by molar-refractivity contribution is -0.222. The molecule has 1 nitrogen and oxygen atoms in total. The van der Waals surface area contributed by atoms with Crippen LogP contribution in [-0.2, 0) is 6.42 Å². The number of benzene rings is 3. The standard InChI is InChI=1S/C35H38F6O/c1-3-4-24-9-10-26(18-30(24)36)34-32(38)19-28(20-33(34)39)42-35(40,41)27-14-11-23(12-15-27)29-16-13-25(17-31(29)37)22-7-5-21(2)6-8-22/h9-10,13,16-23,27H,3-8,11-12,14-15H2,1-2H3. The summed E-state index contributed by atoms with van der Waals surface area (Å²) in [6.07, 6.45) is 2.84. The largest absolute Gasteiger partial charge is 0.432 e. The fourth-order valence-corrected chi connectivity index (χ4v) is 6.76. The molecule has 2 aliphatic carbocycles. The lowest BCUT2D eigenvalue weighted by atomic mass is 9.76. The molecular weight excluding hydrogens is 550 g/mol. The van der Waals surface area contributed by atoms with E-state index in [4.69, 9.17) is 4.74 Å². The molecule has 0 amide bonds. The Balaban J connectivity index is 1.22. The second kappa shape index (κ2) is 12.7. The average Bonchev–Trinajstić information content (AvgIpc) is 2.94. The summed E-state index contributed by atoms with van der Waals surface area (Å²) >= 11 is 0. The van der Waals surface area contributed by atoms with Crippen molar-refractivity contribution >= 4 is 0 Å². The van der Waals surface area contributed by atoms with Gasteiger partial charge in [0.25, 0.3) is 0 Å². The van der Waals surface area contributed by atoms with Gasteiger partial charge in [0.05, 0.1) is 11.5 Å². The first-order valence-corrected chi connectivity index (χ1v) is 15.2. The first-order chi connectivity index (χ1) is 20.1. The number of halogens is 6. The topological polar surface area (TPSA) is 9.23 Å². The zero-order valence-corrected chi connectivity index (χ0v) is 24.2. The van der Waals surface area contributed by atoms with Crippen LogP contribution in [-0.4, -0.2) is 6.11 Å². The van der Waals surface area contributed by atoms with Gasteiger partial charge in [-0.25, -0.2) is 17.6 Å². The molecule has 3 aromatic carbocycles. The zero-order chi connectivity index (χ0) is 30.0. The summed E-state index contributed by atoms with van der Waals surface area (Å²) in [5.41, 5.74) is 1.49. The zero-order valence-electron chi connectivity index (χ0n) is 24.2. The van der Waals surface area contributed by atoms with E-state index in [1.165, 1.54) is 12.1 Å². The van der Waals surface area contributed by atoms with Gasteiger partial charge in [0.15, 0.2) is 0 Å². The summed E-state index contributed by atoms with van der Waals surface area (Å²) < 4.78 is 94.5. The summed E-state index contributed by atoms with van der Waals surface area (Å²) in [4.78, 5) is 0. The smallest absolute Gasteiger partial charge is 0.400 e. The molecule has 0 radical (unpaired) electrons. The van der Waals surface area contributed by atoms with E-state index in [1.807, 2.05) is 19.1 Å². The summed E-state index contributed by atoms with van der Waals surface area (Å²) in [7, 11) is 0. The Morgan fingerprint density at radius 1 is 0.714 bits per heavy atom. The Labute approximate surface area is 244 Å². The van der Waals surface area contributed by atoms with Crippen molar-refractivity contribution in [3.63, 3.8) is 0 Å². The fraction of sp³-hybridized carbons (Fsp3) is 0.486. The molecule has 0 heterocycles. The van der Waals surface area contributed by atoms with Crippen LogP contribution in [0.1, 0.15) is 100 Å². The molecule has 0 spiro atoms. The first kappa shape index (κ1) is 30.5. The minimum absolute atomic E-state index is 0.0207. The molecule has 42 heavy (non-hydrogen) atoms. The predicted octanol–water partition coefficient (Wildman–Crippen LogP) is 11.1. The fourth-order valence-electron chi connectivity index (χ4n) is 6.76. The highest BCUT2D eigenvalue weighted by Crippen LogP contribution is 2.45. The molecular formula is C35H38F6O. The Morgan fingerprint density at radius 3 is 1.95 bits per heavy atom. The molecule has 0 atom stereocenters. The van der Waals surface area contributed by atoms with Gasteiger partial charge in [-0.3, -0.25) is 0 Å². The maximum absolute atomic E-state index is 15.2. The SMILES string of the molecule is CCCc1ccc(-c2c(F)cc(OC(F)(F)C3CCC(c4ccc(C5CCC(C)CC5)cc4F)CC3)cc2F)cc1F. The second-order valence-corrected chi connectivity index (χ2v) is 12.3. The highest BCUT2D eigenvalue weighted by molar-refractivity contribution is 5.66. The second-order valence-electron chi connectivity index (χ2n) is 12.3. The van der Waals surface area contributed by atoms with Crippen LogP contribution >= 0.6 is 0 Å². The van der Waals surface area contributed by atoms with Crippen molar-refractivity contribution in [2.24, 2.45) is 11.8 Å². The molecule has 226 valence electrons. The van der Waals surface area contributed by atoms with Crippen LogP contribution in [0.5, 0.6) is 5.75 Å². The molecule has 3 aromatic rings. The quantitative estimate of drug-likeness (QED) is 0.238. The van der Waals surface area contributed by atoms with Crippen molar-refractivity contribution in [3.8, 4) is 16.9 Å². The van der Waals surface area contributed by atoms with Gasteiger partial charge >= 0.3 is 6.11 Å². The van der Waals surface area contributed by atoms with E-state index < -0.39 is 40.8 Å². The monoisotopic (exact) mass is 588 g/mol. The van der Waals surface area contributed by atoms with E-state index >= 15 is 13.2 Å². The van der Waals surface area contributed by atoms with Crippen LogP contribution < -0.4 is 4.74 Å². The number of ether oxygens (including phenoxy) is 1. The molecule has 7 heteroatoms. The van der Waals surface area contributed by atoms with Gasteiger partial charge in [-0.1, -0.05) is 57.4 Å². The van der Waals surface area contributed by atoms with Gasteiger partial charge in [-0.2, -0.15) is 8.78 Å². The van der Waals surface area contributed by atoms with Crippen LogP contribution in [0.2, 0.25) is 0 Å². The maximum Gasteiger partial charge on any atom is 0.400 e. The van der Waals surface area contributed by atoms with E-state index in [-0.39, 0.29) is 30.1 Å². The Bertz CT molecular complexity index is 1360. The van der Waals surface area contributed by atoms with Gasteiger partial charge in [0.2, 0.25) is 0 Å². The summed E-state index contributed by atoms with van der Waals surface area (Å²) in [5.74, 6) is -3.99. The highest BCUT2D eigenvalue weighted by Gasteiger charge is 2.44. The lowest BCUT2D eigenvalue weighted by Gasteiger charge is -2.34. The Morgan fingerprint density at radius 2 is 1.36 bits per heavy atom. The van der Waals surface area contributed by atoms with Gasteiger partial charge in [-0.05, 0) is 97.1 Å². The van der Waals surface area contributed by atoms with Crippen LogP contribution in [0.3, 0.4) is 0 Å². The Kier molecular flexibility index (Phi) is 9.24. The molecule has 2 saturated carbocycles. The molecule has 2 aliphatic rings. The summed E-state index contributed by atoms with van der Waals surface area (Å²) in [6, 6.07) is 10.8. The molecule has 5 rings (SSSR count). The van der Waals surface area contributed by atoms with Crippen molar-refractivity contribution in [2.45, 2.75) is 96.0 Å². The van der Waals surface area contributed by atoms with E-state index in [2.05, 4.69) is 6.92 Å². The first-order valence-electron chi connectivity index (χ1n) is 15.2. The normalized spacial score (nSPS) is 23.1. The predicted molar refractivity (Wildman–Crippen MR) is 153 cm³/mol. The maximum atomic E-state index is 15.2. The van der Waals surface area contributed by atoms with Gasteiger partial charge in [0, 0.05) is 12.1 Å². The van der Waals surface area contributed by atoms with Crippen LogP contribution in [0.15, 0.2) is 48.5 Å².